The van der Waals surface area contributed by atoms with Crippen molar-refractivity contribution in [2.24, 2.45) is 5.92 Å². The molecule has 1 saturated carbocycles. The number of nitrogens with zero attached hydrogens (tertiary/aromatic N) is 1. The molecule has 22 heavy (non-hydrogen) atoms. The van der Waals surface area contributed by atoms with Crippen LogP contribution >= 0.6 is 0 Å². The van der Waals surface area contributed by atoms with E-state index in [0.717, 1.165) is 18.4 Å². The highest BCUT2D eigenvalue weighted by Crippen LogP contribution is 2.50. The molecule has 2 fully saturated rings. The summed E-state index contributed by atoms with van der Waals surface area (Å²) in [5.74, 6) is -0.829. The topological polar surface area (TPSA) is 57.6 Å². The number of likely N-dealkylation sites (tertiary alicyclic amines) is 1. The van der Waals surface area contributed by atoms with Crippen LogP contribution in [0.15, 0.2) is 18.2 Å². The Hall–Kier alpha value is -1.84. The molecule has 0 radical (unpaired) electrons. The van der Waals surface area contributed by atoms with Gasteiger partial charge in [-0.15, -0.1) is 0 Å². The SMILES string of the molecule is Cc1cc(C)cc(C2(C(=O)N3CCC(C(=O)O)CC3)CC2)c1. The van der Waals surface area contributed by atoms with Crippen molar-refractivity contribution in [1.29, 1.82) is 0 Å². The molecular formula is C18H23NO3. The average Bonchev–Trinajstić information content (AvgIpc) is 3.27. The predicted octanol–water partition coefficient (Wildman–Crippen LogP) is 2.66. The Balaban J connectivity index is 1.76. The lowest BCUT2D eigenvalue weighted by Gasteiger charge is -2.33. The van der Waals surface area contributed by atoms with Gasteiger partial charge in [-0.25, -0.2) is 0 Å². The molecule has 0 aromatic heterocycles. The molecule has 118 valence electrons. The minimum absolute atomic E-state index is 0.196. The van der Waals surface area contributed by atoms with Gasteiger partial charge in [-0.2, -0.15) is 0 Å². The van der Waals surface area contributed by atoms with E-state index >= 15 is 0 Å². The van der Waals surface area contributed by atoms with Crippen LogP contribution in [0.4, 0.5) is 0 Å². The first-order chi connectivity index (χ1) is 10.4. The van der Waals surface area contributed by atoms with Crippen LogP contribution in [0, 0.1) is 19.8 Å². The van der Waals surface area contributed by atoms with Crippen LogP contribution in [-0.2, 0) is 15.0 Å². The van der Waals surface area contributed by atoms with Crippen LogP contribution in [0.1, 0.15) is 42.4 Å². The molecule has 1 amide bonds. The monoisotopic (exact) mass is 301 g/mol. The number of amides is 1. The molecule has 1 N–H and O–H groups in total. The van der Waals surface area contributed by atoms with Gasteiger partial charge >= 0.3 is 5.97 Å². The molecular weight excluding hydrogens is 278 g/mol. The van der Waals surface area contributed by atoms with E-state index in [1.165, 1.54) is 11.1 Å². The van der Waals surface area contributed by atoms with Gasteiger partial charge in [0, 0.05) is 13.1 Å². The number of carbonyl (C=O) groups is 2. The first-order valence-corrected chi connectivity index (χ1v) is 8.03. The molecule has 4 nitrogen and oxygen atoms in total. The van der Waals surface area contributed by atoms with Crippen LogP contribution in [0.5, 0.6) is 0 Å². The Bertz CT molecular complexity index is 591. The molecule has 1 heterocycles. The fraction of sp³-hybridized carbons (Fsp3) is 0.556. The number of aliphatic carboxylic acids is 1. The normalized spacial score (nSPS) is 20.7. The third-order valence-corrected chi connectivity index (χ3v) is 5.07. The Labute approximate surface area is 131 Å². The van der Waals surface area contributed by atoms with Crippen molar-refractivity contribution in [2.75, 3.05) is 13.1 Å². The van der Waals surface area contributed by atoms with E-state index in [2.05, 4.69) is 32.0 Å². The highest BCUT2D eigenvalue weighted by atomic mass is 16.4. The fourth-order valence-corrected chi connectivity index (χ4v) is 3.63. The van der Waals surface area contributed by atoms with Crippen LogP contribution in [-0.4, -0.2) is 35.0 Å². The number of hydrogen-bond acceptors (Lipinski definition) is 2. The quantitative estimate of drug-likeness (QED) is 0.933. The van der Waals surface area contributed by atoms with Crippen LogP contribution in [0.2, 0.25) is 0 Å². The van der Waals surface area contributed by atoms with Crippen molar-refractivity contribution < 1.29 is 14.7 Å². The average molecular weight is 301 g/mol. The summed E-state index contributed by atoms with van der Waals surface area (Å²) in [5.41, 5.74) is 3.18. The number of carbonyl (C=O) groups excluding carboxylic acids is 1. The van der Waals surface area contributed by atoms with Crippen molar-refractivity contribution >= 4 is 11.9 Å². The summed E-state index contributed by atoms with van der Waals surface area (Å²) in [6, 6.07) is 6.38. The molecule has 0 spiro atoms. The maximum atomic E-state index is 13.0. The zero-order chi connectivity index (χ0) is 15.9. The Morgan fingerprint density at radius 3 is 2.09 bits per heavy atom. The summed E-state index contributed by atoms with van der Waals surface area (Å²) in [7, 11) is 0. The standard InChI is InChI=1S/C18H23NO3/c1-12-9-13(2)11-15(10-12)18(5-6-18)17(22)19-7-3-14(4-8-19)16(20)21/h9-11,14H,3-8H2,1-2H3,(H,20,21). The Kier molecular flexibility index (Phi) is 3.71. The molecule has 1 saturated heterocycles. The van der Waals surface area contributed by atoms with Gasteiger partial charge in [-0.05, 0) is 45.1 Å². The van der Waals surface area contributed by atoms with Gasteiger partial charge in [0.2, 0.25) is 5.91 Å². The first-order valence-electron chi connectivity index (χ1n) is 8.03. The third-order valence-electron chi connectivity index (χ3n) is 5.07. The number of benzene rings is 1. The molecule has 4 heteroatoms. The third kappa shape index (κ3) is 2.62. The zero-order valence-corrected chi connectivity index (χ0v) is 13.3. The number of hydrogen-bond donors (Lipinski definition) is 1. The molecule has 1 aliphatic carbocycles. The van der Waals surface area contributed by atoms with E-state index in [9.17, 15) is 9.59 Å². The van der Waals surface area contributed by atoms with E-state index < -0.39 is 5.97 Å². The lowest BCUT2D eigenvalue weighted by Crippen LogP contribution is -2.45. The Morgan fingerprint density at radius 1 is 1.09 bits per heavy atom. The zero-order valence-electron chi connectivity index (χ0n) is 13.3. The molecule has 2 aliphatic rings. The van der Waals surface area contributed by atoms with Gasteiger partial charge in [0.25, 0.3) is 0 Å². The van der Waals surface area contributed by atoms with Gasteiger partial charge < -0.3 is 10.0 Å². The number of carboxylic acids is 1. The summed E-state index contributed by atoms with van der Waals surface area (Å²) in [4.78, 5) is 25.9. The van der Waals surface area contributed by atoms with E-state index in [1.54, 1.807) is 0 Å². The summed E-state index contributed by atoms with van der Waals surface area (Å²) in [6.45, 7) is 5.27. The minimum Gasteiger partial charge on any atom is -0.481 e. The van der Waals surface area contributed by atoms with Crippen molar-refractivity contribution in [3.05, 3.63) is 34.9 Å². The molecule has 0 unspecified atom stereocenters. The molecule has 0 bridgehead atoms. The van der Waals surface area contributed by atoms with Crippen LogP contribution in [0.25, 0.3) is 0 Å². The molecule has 1 aromatic carbocycles. The van der Waals surface area contributed by atoms with Crippen LogP contribution < -0.4 is 0 Å². The lowest BCUT2D eigenvalue weighted by molar-refractivity contribution is -0.146. The molecule has 1 aromatic rings. The second-order valence-electron chi connectivity index (χ2n) is 6.86. The molecule has 0 atom stereocenters. The largest absolute Gasteiger partial charge is 0.481 e. The van der Waals surface area contributed by atoms with Crippen molar-refractivity contribution in [1.82, 2.24) is 4.90 Å². The minimum atomic E-state index is -0.734. The van der Waals surface area contributed by atoms with E-state index in [4.69, 9.17) is 5.11 Å². The number of aryl methyl sites for hydroxylation is 2. The van der Waals surface area contributed by atoms with Gasteiger partial charge in [0.1, 0.15) is 0 Å². The highest BCUT2D eigenvalue weighted by molar-refractivity contribution is 5.91. The number of rotatable bonds is 3. The van der Waals surface area contributed by atoms with Crippen molar-refractivity contribution in [2.45, 2.75) is 44.9 Å². The van der Waals surface area contributed by atoms with Crippen molar-refractivity contribution in [3.8, 4) is 0 Å². The van der Waals surface area contributed by atoms with Gasteiger partial charge in [-0.3, -0.25) is 9.59 Å². The Morgan fingerprint density at radius 2 is 1.64 bits per heavy atom. The maximum absolute atomic E-state index is 13.0. The predicted molar refractivity (Wildman–Crippen MR) is 83.8 cm³/mol. The maximum Gasteiger partial charge on any atom is 0.306 e. The first kappa shape index (κ1) is 15.1. The van der Waals surface area contributed by atoms with Crippen molar-refractivity contribution in [3.63, 3.8) is 0 Å². The van der Waals surface area contributed by atoms with Gasteiger partial charge in [0.15, 0.2) is 0 Å². The van der Waals surface area contributed by atoms with Gasteiger partial charge in [0.05, 0.1) is 11.3 Å². The summed E-state index contributed by atoms with van der Waals surface area (Å²) >= 11 is 0. The summed E-state index contributed by atoms with van der Waals surface area (Å²) in [5, 5.41) is 9.07. The van der Waals surface area contributed by atoms with Crippen LogP contribution in [0.3, 0.4) is 0 Å². The van der Waals surface area contributed by atoms with Gasteiger partial charge in [-0.1, -0.05) is 29.3 Å². The smallest absolute Gasteiger partial charge is 0.306 e. The second-order valence-corrected chi connectivity index (χ2v) is 6.86. The molecule has 3 rings (SSSR count). The second kappa shape index (κ2) is 5.41. The lowest BCUT2D eigenvalue weighted by atomic mass is 9.89. The summed E-state index contributed by atoms with van der Waals surface area (Å²) < 4.78 is 0. The highest BCUT2D eigenvalue weighted by Gasteiger charge is 2.53. The van der Waals surface area contributed by atoms with E-state index in [-0.39, 0.29) is 17.2 Å². The number of piperidine rings is 1. The van der Waals surface area contributed by atoms with E-state index in [0.29, 0.717) is 25.9 Å². The number of carboxylic acid groups (broad SMARTS) is 1. The van der Waals surface area contributed by atoms with E-state index in [1.807, 2.05) is 4.90 Å². The fourth-order valence-electron chi connectivity index (χ4n) is 3.63. The molecule has 1 aliphatic heterocycles. The summed E-state index contributed by atoms with van der Waals surface area (Å²) in [6.07, 6.45) is 2.97.